The van der Waals surface area contributed by atoms with Crippen LogP contribution in [0.25, 0.3) is 5.82 Å². The lowest BCUT2D eigenvalue weighted by Crippen LogP contribution is -2.20. The van der Waals surface area contributed by atoms with Crippen LogP contribution < -0.4 is 10.1 Å². The fourth-order valence-corrected chi connectivity index (χ4v) is 2.71. The molecule has 1 N–H and O–H groups in total. The Kier molecular flexibility index (Phi) is 5.32. The van der Waals surface area contributed by atoms with Gasteiger partial charge in [0, 0.05) is 10.2 Å². The Labute approximate surface area is 158 Å². The molecule has 1 aromatic carbocycles. The van der Waals surface area contributed by atoms with E-state index in [9.17, 15) is 9.18 Å². The summed E-state index contributed by atoms with van der Waals surface area (Å²) in [5, 5.41) is 7.01. The average molecular weight is 419 g/mol. The fourth-order valence-electron chi connectivity index (χ4n) is 2.38. The molecule has 0 aliphatic carbocycles. The number of aryl methyl sites for hydroxylation is 2. The summed E-state index contributed by atoms with van der Waals surface area (Å²) in [5.41, 5.74) is 2.39. The summed E-state index contributed by atoms with van der Waals surface area (Å²) in [6.07, 6.45) is 1.53. The number of ether oxygens (including phenoxy) is 1. The quantitative estimate of drug-likeness (QED) is 0.683. The number of nitrogens with zero attached hydrogens (tertiary/aromatic N) is 3. The Morgan fingerprint density at radius 2 is 2.08 bits per heavy atom. The Bertz CT molecular complexity index is 941. The summed E-state index contributed by atoms with van der Waals surface area (Å²) in [6.45, 7) is 3.54. The van der Waals surface area contributed by atoms with Crippen LogP contribution in [0.15, 0.2) is 47.1 Å². The normalized spacial score (nSPS) is 10.6. The topological polar surface area (TPSA) is 69.0 Å². The number of hydrogen-bond donors (Lipinski definition) is 1. The molecule has 26 heavy (non-hydrogen) atoms. The summed E-state index contributed by atoms with van der Waals surface area (Å²) in [4.78, 5) is 16.3. The van der Waals surface area contributed by atoms with Crippen LogP contribution in [0.2, 0.25) is 0 Å². The van der Waals surface area contributed by atoms with Crippen LogP contribution in [0, 0.1) is 19.7 Å². The number of benzene rings is 1. The van der Waals surface area contributed by atoms with E-state index in [4.69, 9.17) is 4.74 Å². The highest BCUT2D eigenvalue weighted by molar-refractivity contribution is 9.10. The molecule has 0 bridgehead atoms. The van der Waals surface area contributed by atoms with Crippen molar-refractivity contribution in [1.82, 2.24) is 14.8 Å². The first-order valence-corrected chi connectivity index (χ1v) is 8.59. The van der Waals surface area contributed by atoms with E-state index in [-0.39, 0.29) is 12.4 Å². The first-order chi connectivity index (χ1) is 12.4. The van der Waals surface area contributed by atoms with Crippen LogP contribution in [0.3, 0.4) is 0 Å². The number of halogens is 2. The van der Waals surface area contributed by atoms with Crippen molar-refractivity contribution in [3.63, 3.8) is 0 Å². The molecule has 6 nitrogen and oxygen atoms in total. The zero-order chi connectivity index (χ0) is 18.7. The molecule has 0 saturated carbocycles. The molecule has 0 spiro atoms. The lowest BCUT2D eigenvalue weighted by molar-refractivity contribution is -0.118. The van der Waals surface area contributed by atoms with Gasteiger partial charge in [0.25, 0.3) is 5.91 Å². The van der Waals surface area contributed by atoms with Crippen molar-refractivity contribution < 1.29 is 13.9 Å². The van der Waals surface area contributed by atoms with Gasteiger partial charge in [0.2, 0.25) is 0 Å². The van der Waals surface area contributed by atoms with E-state index >= 15 is 0 Å². The van der Waals surface area contributed by atoms with Gasteiger partial charge in [-0.25, -0.2) is 14.1 Å². The van der Waals surface area contributed by atoms with E-state index < -0.39 is 11.7 Å². The number of nitrogens with one attached hydrogen (secondary N) is 1. The first-order valence-electron chi connectivity index (χ1n) is 7.80. The SMILES string of the molecule is Cc1cc(C)n(-c2ccc(NC(=O)COc3ccc(Br)cc3F)cn2)n1. The van der Waals surface area contributed by atoms with Gasteiger partial charge in [-0.2, -0.15) is 5.10 Å². The zero-order valence-electron chi connectivity index (χ0n) is 14.2. The van der Waals surface area contributed by atoms with Crippen LogP contribution in [-0.4, -0.2) is 27.3 Å². The third kappa shape index (κ3) is 4.26. The van der Waals surface area contributed by atoms with E-state index in [1.807, 2.05) is 19.9 Å². The van der Waals surface area contributed by atoms with E-state index in [0.29, 0.717) is 16.0 Å². The van der Waals surface area contributed by atoms with E-state index in [1.54, 1.807) is 22.9 Å². The van der Waals surface area contributed by atoms with Crippen molar-refractivity contribution in [2.45, 2.75) is 13.8 Å². The predicted octanol–water partition coefficient (Wildman–Crippen LogP) is 3.80. The summed E-state index contributed by atoms with van der Waals surface area (Å²) in [7, 11) is 0. The van der Waals surface area contributed by atoms with Crippen molar-refractivity contribution in [3.8, 4) is 11.6 Å². The average Bonchev–Trinajstić information content (AvgIpc) is 2.93. The maximum absolute atomic E-state index is 13.7. The van der Waals surface area contributed by atoms with Crippen molar-refractivity contribution in [2.24, 2.45) is 0 Å². The molecule has 2 heterocycles. The fraction of sp³-hybridized carbons (Fsp3) is 0.167. The Hall–Kier alpha value is -2.74. The molecule has 0 aliphatic rings. The molecule has 3 aromatic rings. The van der Waals surface area contributed by atoms with Crippen LogP contribution >= 0.6 is 15.9 Å². The molecule has 0 atom stereocenters. The molecule has 1 amide bonds. The Morgan fingerprint density at radius 1 is 1.27 bits per heavy atom. The minimum absolute atomic E-state index is 0.0151. The summed E-state index contributed by atoms with van der Waals surface area (Å²) in [6, 6.07) is 9.79. The maximum Gasteiger partial charge on any atom is 0.262 e. The summed E-state index contributed by atoms with van der Waals surface area (Å²) < 4.78 is 21.2. The molecule has 3 rings (SSSR count). The van der Waals surface area contributed by atoms with E-state index in [1.165, 1.54) is 18.3 Å². The summed E-state index contributed by atoms with van der Waals surface area (Å²) >= 11 is 3.16. The zero-order valence-corrected chi connectivity index (χ0v) is 15.7. The molecule has 0 radical (unpaired) electrons. The lowest BCUT2D eigenvalue weighted by Gasteiger charge is -2.09. The number of pyridine rings is 1. The van der Waals surface area contributed by atoms with Crippen LogP contribution in [0.5, 0.6) is 5.75 Å². The monoisotopic (exact) mass is 418 g/mol. The number of amides is 1. The first kappa shape index (κ1) is 18.1. The maximum atomic E-state index is 13.7. The minimum atomic E-state index is -0.539. The number of carbonyl (C=O) groups excluding carboxylic acids is 1. The van der Waals surface area contributed by atoms with Gasteiger partial charge in [-0.15, -0.1) is 0 Å². The Morgan fingerprint density at radius 3 is 2.69 bits per heavy atom. The molecule has 2 aromatic heterocycles. The van der Waals surface area contributed by atoms with Crippen molar-refractivity contribution in [3.05, 3.63) is 64.3 Å². The number of hydrogen-bond acceptors (Lipinski definition) is 4. The van der Waals surface area contributed by atoms with Gasteiger partial charge < -0.3 is 10.1 Å². The van der Waals surface area contributed by atoms with Crippen molar-refractivity contribution >= 4 is 27.5 Å². The van der Waals surface area contributed by atoms with Gasteiger partial charge in [-0.3, -0.25) is 4.79 Å². The van der Waals surface area contributed by atoms with Gasteiger partial charge in [0.05, 0.1) is 17.6 Å². The number of carbonyl (C=O) groups is 1. The number of anilines is 1. The molecular formula is C18H16BrFN4O2. The highest BCUT2D eigenvalue weighted by atomic mass is 79.9. The third-order valence-electron chi connectivity index (χ3n) is 3.51. The standard InChI is InChI=1S/C18H16BrFN4O2/c1-11-7-12(2)24(23-11)17-6-4-14(9-21-17)22-18(25)10-26-16-5-3-13(19)8-15(16)20/h3-9H,10H2,1-2H3,(H,22,25). The smallest absolute Gasteiger partial charge is 0.262 e. The molecular weight excluding hydrogens is 403 g/mol. The number of aromatic nitrogens is 3. The molecule has 0 fully saturated rings. The Balaban J connectivity index is 1.60. The van der Waals surface area contributed by atoms with Crippen molar-refractivity contribution in [2.75, 3.05) is 11.9 Å². The van der Waals surface area contributed by atoms with E-state index in [0.717, 1.165) is 11.4 Å². The van der Waals surface area contributed by atoms with Gasteiger partial charge in [-0.05, 0) is 50.2 Å². The molecule has 0 saturated heterocycles. The highest BCUT2D eigenvalue weighted by Crippen LogP contribution is 2.21. The predicted molar refractivity (Wildman–Crippen MR) is 99.1 cm³/mol. The van der Waals surface area contributed by atoms with Crippen LogP contribution in [0.4, 0.5) is 10.1 Å². The third-order valence-corrected chi connectivity index (χ3v) is 4.00. The lowest BCUT2D eigenvalue weighted by atomic mass is 10.3. The molecule has 8 heteroatoms. The second-order valence-corrected chi connectivity index (χ2v) is 6.57. The van der Waals surface area contributed by atoms with Crippen LogP contribution in [-0.2, 0) is 4.79 Å². The largest absolute Gasteiger partial charge is 0.481 e. The highest BCUT2D eigenvalue weighted by Gasteiger charge is 2.09. The molecule has 0 unspecified atom stereocenters. The van der Waals surface area contributed by atoms with Gasteiger partial charge in [0.15, 0.2) is 24.0 Å². The number of rotatable bonds is 5. The van der Waals surface area contributed by atoms with Gasteiger partial charge in [0.1, 0.15) is 0 Å². The van der Waals surface area contributed by atoms with E-state index in [2.05, 4.69) is 31.3 Å². The molecule has 0 aliphatic heterocycles. The molecule has 134 valence electrons. The van der Waals surface area contributed by atoms with Gasteiger partial charge in [-0.1, -0.05) is 15.9 Å². The second-order valence-electron chi connectivity index (χ2n) is 5.66. The van der Waals surface area contributed by atoms with Gasteiger partial charge >= 0.3 is 0 Å². The minimum Gasteiger partial charge on any atom is -0.481 e. The van der Waals surface area contributed by atoms with Crippen molar-refractivity contribution in [1.29, 1.82) is 0 Å². The van der Waals surface area contributed by atoms with Crippen LogP contribution in [0.1, 0.15) is 11.4 Å². The second kappa shape index (κ2) is 7.65. The summed E-state index contributed by atoms with van der Waals surface area (Å²) in [5.74, 6) is -0.279.